The molecule has 0 aromatic rings. The van der Waals surface area contributed by atoms with Crippen LogP contribution in [0.25, 0.3) is 10.4 Å². The third-order valence-corrected chi connectivity index (χ3v) is 2.83. The Morgan fingerprint density at radius 1 is 1.75 bits per heavy atom. The summed E-state index contributed by atoms with van der Waals surface area (Å²) in [6.45, 7) is 0. The third kappa shape index (κ3) is 0.848. The van der Waals surface area contributed by atoms with Gasteiger partial charge in [-0.25, -0.2) is 8.78 Å². The van der Waals surface area contributed by atoms with Gasteiger partial charge < -0.3 is 11.1 Å². The van der Waals surface area contributed by atoms with E-state index < -0.39 is 23.5 Å². The lowest BCUT2D eigenvalue weighted by Gasteiger charge is -2.67. The van der Waals surface area contributed by atoms with Crippen molar-refractivity contribution in [2.45, 2.75) is 17.6 Å². The molecule has 1 amide bonds. The number of hydrogen-bond donors (Lipinski definition) is 3. The fraction of sp³-hybridized carbons (Fsp3) is 0.571. The molecule has 2 aliphatic heterocycles. The molecule has 1 aliphatic carbocycles. The monoisotopic (exact) mass is 230 g/mol. The van der Waals surface area contributed by atoms with E-state index in [1.165, 1.54) is 7.05 Å². The second-order valence-electron chi connectivity index (χ2n) is 3.51. The van der Waals surface area contributed by atoms with Crippen LogP contribution in [0.2, 0.25) is 0 Å². The number of nitrogens with one attached hydrogen (secondary N) is 2. The minimum absolute atomic E-state index is 0.0466. The molecule has 86 valence electrons. The minimum atomic E-state index is -3.19. The van der Waals surface area contributed by atoms with Crippen LogP contribution >= 0.6 is 0 Å². The van der Waals surface area contributed by atoms with E-state index in [0.717, 1.165) is 0 Å². The maximum atomic E-state index is 13.3. The molecular weight excluding hydrogens is 222 g/mol. The number of nitrogens with zero attached hydrogens (tertiary/aromatic N) is 3. The molecule has 1 saturated carbocycles. The van der Waals surface area contributed by atoms with E-state index in [9.17, 15) is 13.6 Å². The summed E-state index contributed by atoms with van der Waals surface area (Å²) in [5.74, 6) is -3.86. The number of carbonyl (C=O) groups excluding carboxylic acids is 1. The summed E-state index contributed by atoms with van der Waals surface area (Å²) >= 11 is 0. The number of amides is 1. The summed E-state index contributed by atoms with van der Waals surface area (Å²) in [6.07, 6.45) is 0. The highest BCUT2D eigenvalue weighted by molar-refractivity contribution is 5.95. The normalized spacial score (nSPS) is 36.3. The molecule has 16 heavy (non-hydrogen) atoms. The minimum Gasteiger partial charge on any atom is -0.394 e. The Balaban J connectivity index is 2.43. The Kier molecular flexibility index (Phi) is 1.89. The van der Waals surface area contributed by atoms with Crippen LogP contribution in [-0.2, 0) is 4.79 Å². The van der Waals surface area contributed by atoms with Crippen LogP contribution in [0, 0.1) is 0 Å². The first-order valence-electron chi connectivity index (χ1n) is 4.36. The van der Waals surface area contributed by atoms with Crippen molar-refractivity contribution in [1.29, 1.82) is 0 Å². The molecule has 0 spiro atoms. The van der Waals surface area contributed by atoms with Gasteiger partial charge in [-0.05, 0) is 5.53 Å². The van der Waals surface area contributed by atoms with Crippen LogP contribution in [0.5, 0.6) is 0 Å². The molecule has 0 aromatic carbocycles. The molecule has 7 nitrogen and oxygen atoms in total. The van der Waals surface area contributed by atoms with Gasteiger partial charge in [0.25, 0.3) is 11.8 Å². The predicted molar refractivity (Wildman–Crippen MR) is 49.0 cm³/mol. The smallest absolute Gasteiger partial charge is 0.294 e. The van der Waals surface area contributed by atoms with Crippen molar-refractivity contribution in [3.8, 4) is 0 Å². The van der Waals surface area contributed by atoms with Gasteiger partial charge in [-0.2, -0.15) is 0 Å². The first kappa shape index (κ1) is 10.7. The van der Waals surface area contributed by atoms with Crippen LogP contribution in [0.4, 0.5) is 8.78 Å². The fourth-order valence-corrected chi connectivity index (χ4v) is 1.91. The van der Waals surface area contributed by atoms with Crippen molar-refractivity contribution in [2.24, 2.45) is 10.8 Å². The van der Waals surface area contributed by atoms with Crippen molar-refractivity contribution in [1.82, 2.24) is 10.6 Å². The van der Waals surface area contributed by atoms with Crippen LogP contribution in [0.3, 0.4) is 0 Å². The number of nitrogens with two attached hydrogens (primary N) is 1. The van der Waals surface area contributed by atoms with E-state index in [4.69, 9.17) is 11.3 Å². The molecule has 2 unspecified atom stereocenters. The third-order valence-electron chi connectivity index (χ3n) is 2.83. The van der Waals surface area contributed by atoms with Crippen LogP contribution < -0.4 is 16.4 Å². The highest BCUT2D eigenvalue weighted by Crippen LogP contribution is 2.62. The lowest BCUT2D eigenvalue weighted by atomic mass is 9.59. The highest BCUT2D eigenvalue weighted by atomic mass is 19.3. The van der Waals surface area contributed by atoms with Gasteiger partial charge >= 0.3 is 0 Å². The molecule has 3 aliphatic rings. The van der Waals surface area contributed by atoms with E-state index in [1.807, 2.05) is 0 Å². The van der Waals surface area contributed by atoms with E-state index in [-0.39, 0.29) is 11.3 Å². The van der Waals surface area contributed by atoms with E-state index in [2.05, 4.69) is 20.7 Å². The van der Waals surface area contributed by atoms with Crippen molar-refractivity contribution < 1.29 is 13.6 Å². The number of hydrogen-bond acceptors (Lipinski definition) is 4. The number of alkyl halides is 2. The van der Waals surface area contributed by atoms with Gasteiger partial charge in [-0.3, -0.25) is 10.1 Å². The Bertz CT molecular complexity index is 454. The Morgan fingerprint density at radius 2 is 2.38 bits per heavy atom. The Hall–Kier alpha value is -1.86. The molecular formula is C7H8F2N6O. The zero-order valence-electron chi connectivity index (χ0n) is 8.16. The summed E-state index contributed by atoms with van der Waals surface area (Å²) in [6, 6.07) is -1.31. The lowest BCUT2D eigenvalue weighted by molar-refractivity contribution is -0.231. The SMILES string of the molecule is CNC(=O)/C(N)=C1/C2NC1(N=[N+]=[N-])C2(F)F. The summed E-state index contributed by atoms with van der Waals surface area (Å²) in [4.78, 5) is 13.5. The van der Waals surface area contributed by atoms with Gasteiger partial charge in [0.1, 0.15) is 11.7 Å². The van der Waals surface area contributed by atoms with E-state index in [0.29, 0.717) is 0 Å². The maximum Gasteiger partial charge on any atom is 0.294 e. The molecule has 3 rings (SSSR count). The number of carbonyl (C=O) groups is 1. The summed E-state index contributed by atoms with van der Waals surface area (Å²) in [5, 5.41) is 7.55. The van der Waals surface area contributed by atoms with Crippen LogP contribution in [-0.4, -0.2) is 30.6 Å². The van der Waals surface area contributed by atoms with Gasteiger partial charge in [-0.15, -0.1) is 0 Å². The van der Waals surface area contributed by atoms with Crippen molar-refractivity contribution in [3.63, 3.8) is 0 Å². The second-order valence-corrected chi connectivity index (χ2v) is 3.51. The van der Waals surface area contributed by atoms with E-state index >= 15 is 0 Å². The van der Waals surface area contributed by atoms with Gasteiger partial charge in [0, 0.05) is 17.5 Å². The summed E-state index contributed by atoms with van der Waals surface area (Å²) < 4.78 is 26.5. The molecule has 4 N–H and O–H groups in total. The maximum absolute atomic E-state index is 13.3. The average molecular weight is 230 g/mol. The van der Waals surface area contributed by atoms with Crippen molar-refractivity contribution >= 4 is 5.91 Å². The summed E-state index contributed by atoms with van der Waals surface area (Å²) in [7, 11) is 1.33. The van der Waals surface area contributed by atoms with Gasteiger partial charge in [0.2, 0.25) is 0 Å². The molecule has 0 radical (unpaired) electrons. The first-order chi connectivity index (χ1) is 7.42. The standard InChI is InChI=1S/C7H8F2N6O/c1-12-5(16)3(10)2-4-6(8,9)7(2,13-4)14-15-11/h4,13H,10H2,1H3,(H,12,16)/b3-2+. The number of halogens is 2. The molecule has 3 fully saturated rings. The van der Waals surface area contributed by atoms with Gasteiger partial charge in [0.05, 0.1) is 0 Å². The molecule has 0 aromatic heterocycles. The number of likely N-dealkylation sites (N-methyl/N-ethyl adjacent to an activating group) is 1. The average Bonchev–Trinajstić information content (AvgIpc) is 2.22. The van der Waals surface area contributed by atoms with Crippen molar-refractivity contribution in [3.05, 3.63) is 21.7 Å². The zero-order valence-corrected chi connectivity index (χ0v) is 8.16. The largest absolute Gasteiger partial charge is 0.394 e. The quantitative estimate of drug-likeness (QED) is 0.258. The number of azide groups is 1. The fourth-order valence-electron chi connectivity index (χ4n) is 1.91. The molecule has 2 bridgehead atoms. The number of rotatable bonds is 2. The Morgan fingerprint density at radius 3 is 2.75 bits per heavy atom. The molecule has 2 saturated heterocycles. The van der Waals surface area contributed by atoms with Crippen LogP contribution in [0.1, 0.15) is 0 Å². The van der Waals surface area contributed by atoms with Crippen LogP contribution in [0.15, 0.2) is 16.4 Å². The summed E-state index contributed by atoms with van der Waals surface area (Å²) in [5.41, 5.74) is 11.1. The van der Waals surface area contributed by atoms with Gasteiger partial charge in [0.15, 0.2) is 5.66 Å². The van der Waals surface area contributed by atoms with E-state index in [1.54, 1.807) is 0 Å². The Labute approximate surface area is 88.3 Å². The zero-order chi connectivity index (χ0) is 12.1. The molecule has 2 atom stereocenters. The second kappa shape index (κ2) is 2.83. The predicted octanol–water partition coefficient (Wildman–Crippen LogP) is -0.427. The molecule has 9 heteroatoms. The first-order valence-corrected chi connectivity index (χ1v) is 4.36. The van der Waals surface area contributed by atoms with Gasteiger partial charge in [-0.1, -0.05) is 5.11 Å². The van der Waals surface area contributed by atoms with Crippen molar-refractivity contribution in [2.75, 3.05) is 7.05 Å². The lowest BCUT2D eigenvalue weighted by Crippen LogP contribution is -2.93. The molecule has 2 heterocycles. The topological polar surface area (TPSA) is 116 Å². The highest BCUT2D eigenvalue weighted by Gasteiger charge is 2.84.